The molecule has 0 aliphatic rings. The largest absolute Gasteiger partial charge is 0.480 e. The van der Waals surface area contributed by atoms with Crippen LogP contribution in [0, 0.1) is 0 Å². The summed E-state index contributed by atoms with van der Waals surface area (Å²) in [5, 5.41) is 17.8. The number of nitrogens with zero attached hydrogens (tertiary/aromatic N) is 5. The summed E-state index contributed by atoms with van der Waals surface area (Å²) in [6, 6.07) is 11.7. The van der Waals surface area contributed by atoms with Crippen LogP contribution in [0.1, 0.15) is 35.5 Å². The van der Waals surface area contributed by atoms with Gasteiger partial charge in [-0.05, 0) is 24.5 Å². The number of aryl methyl sites for hydroxylation is 1. The molecule has 1 amide bonds. The first-order valence-electron chi connectivity index (χ1n) is 9.94. The van der Waals surface area contributed by atoms with E-state index in [1.54, 1.807) is 16.8 Å². The number of thiazole rings is 1. The number of carbonyl (C=O) groups excluding carboxylic acids is 1. The van der Waals surface area contributed by atoms with E-state index >= 15 is 0 Å². The average Bonchev–Trinajstić information content (AvgIpc) is 3.46. The zero-order valence-corrected chi connectivity index (χ0v) is 18.3. The van der Waals surface area contributed by atoms with E-state index in [-0.39, 0.29) is 5.91 Å². The topological polar surface area (TPSA) is 94.8 Å². The van der Waals surface area contributed by atoms with Gasteiger partial charge in [0.15, 0.2) is 10.9 Å². The van der Waals surface area contributed by atoms with Gasteiger partial charge in [0.25, 0.3) is 5.91 Å². The van der Waals surface area contributed by atoms with Crippen LogP contribution in [-0.2, 0) is 12.8 Å². The van der Waals surface area contributed by atoms with Gasteiger partial charge < -0.3 is 4.74 Å². The van der Waals surface area contributed by atoms with Crippen LogP contribution in [0.3, 0.4) is 0 Å². The molecule has 0 aliphatic carbocycles. The molecule has 1 N–H and O–H groups in total. The predicted octanol–water partition coefficient (Wildman–Crippen LogP) is 4.17. The van der Waals surface area contributed by atoms with Gasteiger partial charge in [0.2, 0.25) is 5.88 Å². The predicted molar refractivity (Wildman–Crippen MR) is 120 cm³/mol. The molecule has 0 atom stereocenters. The molecule has 9 heteroatoms. The Kier molecular flexibility index (Phi) is 6.03. The van der Waals surface area contributed by atoms with Crippen molar-refractivity contribution in [3.8, 4) is 23.0 Å². The highest BCUT2D eigenvalue weighted by atomic mass is 32.1. The van der Waals surface area contributed by atoms with Gasteiger partial charge in [-0.3, -0.25) is 10.1 Å². The lowest BCUT2D eigenvalue weighted by atomic mass is 10.1. The van der Waals surface area contributed by atoms with E-state index in [0.29, 0.717) is 28.8 Å². The Bertz CT molecular complexity index is 1180. The van der Waals surface area contributed by atoms with E-state index in [1.807, 2.05) is 12.3 Å². The highest BCUT2D eigenvalue weighted by Crippen LogP contribution is 2.26. The number of hydrogen-bond donors (Lipinski definition) is 1. The number of benzene rings is 1. The van der Waals surface area contributed by atoms with Crippen LogP contribution < -0.4 is 10.1 Å². The summed E-state index contributed by atoms with van der Waals surface area (Å²) < 4.78 is 6.66. The Morgan fingerprint density at radius 1 is 1.10 bits per heavy atom. The molecule has 0 radical (unpaired) electrons. The van der Waals surface area contributed by atoms with E-state index in [2.05, 4.69) is 56.8 Å². The monoisotopic (exact) mass is 434 g/mol. The Morgan fingerprint density at radius 2 is 1.90 bits per heavy atom. The third-order valence-electron chi connectivity index (χ3n) is 4.88. The van der Waals surface area contributed by atoms with Gasteiger partial charge in [0.05, 0.1) is 30.3 Å². The second-order valence-corrected chi connectivity index (χ2v) is 7.60. The van der Waals surface area contributed by atoms with Gasteiger partial charge >= 0.3 is 0 Å². The van der Waals surface area contributed by atoms with Crippen molar-refractivity contribution in [1.29, 1.82) is 0 Å². The number of ether oxygens (including phenoxy) is 1. The maximum Gasteiger partial charge on any atom is 0.260 e. The molecule has 158 valence electrons. The van der Waals surface area contributed by atoms with Crippen molar-refractivity contribution in [1.82, 2.24) is 25.0 Å². The molecule has 0 unspecified atom stereocenters. The molecule has 4 aromatic rings. The second-order valence-electron chi connectivity index (χ2n) is 6.75. The smallest absolute Gasteiger partial charge is 0.260 e. The Labute approximate surface area is 183 Å². The average molecular weight is 435 g/mol. The summed E-state index contributed by atoms with van der Waals surface area (Å²) in [7, 11) is 1.53. The highest BCUT2D eigenvalue weighted by Gasteiger charge is 2.19. The van der Waals surface area contributed by atoms with E-state index in [0.717, 1.165) is 23.4 Å². The van der Waals surface area contributed by atoms with Crippen LogP contribution in [0.25, 0.3) is 17.1 Å². The van der Waals surface area contributed by atoms with Crippen molar-refractivity contribution in [3.05, 3.63) is 64.8 Å². The fourth-order valence-corrected chi connectivity index (χ4v) is 3.89. The Hall–Kier alpha value is -3.59. The standard InChI is InChI=1S/C22H22N6O2S/c1-4-14-6-8-15(9-7-14)17-13-31-22(24-17)25-21(29)16-12-23-28(18(16)5-2)19-10-11-20(30-3)27-26-19/h6-13H,4-5H2,1-3H3,(H,24,25,29). The van der Waals surface area contributed by atoms with Gasteiger partial charge in [-0.15, -0.1) is 21.5 Å². The molecule has 1 aromatic carbocycles. The first-order chi connectivity index (χ1) is 15.1. The molecule has 0 fully saturated rings. The van der Waals surface area contributed by atoms with E-state index in [9.17, 15) is 4.79 Å². The maximum absolute atomic E-state index is 12.9. The number of hydrogen-bond acceptors (Lipinski definition) is 7. The van der Waals surface area contributed by atoms with Crippen molar-refractivity contribution >= 4 is 22.4 Å². The third kappa shape index (κ3) is 4.31. The van der Waals surface area contributed by atoms with E-state index < -0.39 is 0 Å². The quantitative estimate of drug-likeness (QED) is 0.469. The molecule has 0 spiro atoms. The summed E-state index contributed by atoms with van der Waals surface area (Å²) >= 11 is 1.39. The molecule has 8 nitrogen and oxygen atoms in total. The van der Waals surface area contributed by atoms with E-state index in [4.69, 9.17) is 4.74 Å². The zero-order chi connectivity index (χ0) is 21.8. The number of amides is 1. The van der Waals surface area contributed by atoms with Gasteiger partial charge in [-0.1, -0.05) is 38.1 Å². The third-order valence-corrected chi connectivity index (χ3v) is 5.64. The van der Waals surface area contributed by atoms with Crippen molar-refractivity contribution in [2.24, 2.45) is 0 Å². The lowest BCUT2D eigenvalue weighted by Gasteiger charge is -2.07. The Balaban J connectivity index is 1.53. The molecule has 0 bridgehead atoms. The van der Waals surface area contributed by atoms with Crippen LogP contribution in [0.4, 0.5) is 5.13 Å². The first-order valence-corrected chi connectivity index (χ1v) is 10.8. The number of carbonyl (C=O) groups is 1. The van der Waals surface area contributed by atoms with Crippen molar-refractivity contribution in [3.63, 3.8) is 0 Å². The zero-order valence-electron chi connectivity index (χ0n) is 17.5. The summed E-state index contributed by atoms with van der Waals surface area (Å²) in [5.41, 5.74) is 4.35. The molecular weight excluding hydrogens is 412 g/mol. The molecule has 0 saturated heterocycles. The fourth-order valence-electron chi connectivity index (χ4n) is 3.18. The highest BCUT2D eigenvalue weighted by molar-refractivity contribution is 7.14. The molecular formula is C22H22N6O2S. The lowest BCUT2D eigenvalue weighted by Crippen LogP contribution is -2.14. The minimum absolute atomic E-state index is 0.258. The summed E-state index contributed by atoms with van der Waals surface area (Å²) in [5.74, 6) is 0.673. The summed E-state index contributed by atoms with van der Waals surface area (Å²) in [4.78, 5) is 17.5. The first kappa shape index (κ1) is 20.7. The van der Waals surface area contributed by atoms with Crippen LogP contribution in [0.2, 0.25) is 0 Å². The molecule has 4 rings (SSSR count). The second kappa shape index (κ2) is 9.05. The SMILES string of the molecule is CCc1ccc(-c2csc(NC(=O)c3cnn(-c4ccc(OC)nn4)c3CC)n2)cc1. The maximum atomic E-state index is 12.9. The van der Waals surface area contributed by atoms with Crippen molar-refractivity contribution < 1.29 is 9.53 Å². The molecule has 3 heterocycles. The minimum atomic E-state index is -0.258. The minimum Gasteiger partial charge on any atom is -0.480 e. The molecule has 0 saturated carbocycles. The summed E-state index contributed by atoms with van der Waals surface area (Å²) in [6.07, 6.45) is 3.13. The summed E-state index contributed by atoms with van der Waals surface area (Å²) in [6.45, 7) is 4.09. The number of aromatic nitrogens is 5. The lowest BCUT2D eigenvalue weighted by molar-refractivity contribution is 0.102. The molecule has 0 aliphatic heterocycles. The van der Waals surface area contributed by atoms with E-state index in [1.165, 1.54) is 30.2 Å². The normalized spacial score (nSPS) is 10.8. The van der Waals surface area contributed by atoms with Crippen LogP contribution >= 0.6 is 11.3 Å². The van der Waals surface area contributed by atoms with Gasteiger partial charge in [0.1, 0.15) is 0 Å². The fraction of sp³-hybridized carbons (Fsp3) is 0.227. The van der Waals surface area contributed by atoms with Crippen LogP contribution in [-0.4, -0.2) is 38.0 Å². The van der Waals surface area contributed by atoms with Gasteiger partial charge in [-0.25, -0.2) is 9.67 Å². The number of anilines is 1. The number of methoxy groups -OCH3 is 1. The van der Waals surface area contributed by atoms with Gasteiger partial charge in [0, 0.05) is 17.0 Å². The molecule has 31 heavy (non-hydrogen) atoms. The number of rotatable bonds is 7. The molecule has 3 aromatic heterocycles. The number of nitrogens with one attached hydrogen (secondary N) is 1. The Morgan fingerprint density at radius 3 is 2.55 bits per heavy atom. The van der Waals surface area contributed by atoms with Crippen molar-refractivity contribution in [2.75, 3.05) is 12.4 Å². The van der Waals surface area contributed by atoms with Crippen LogP contribution in [0.5, 0.6) is 5.88 Å². The van der Waals surface area contributed by atoms with Crippen LogP contribution in [0.15, 0.2) is 48.0 Å². The van der Waals surface area contributed by atoms with Gasteiger partial charge in [-0.2, -0.15) is 5.10 Å². The van der Waals surface area contributed by atoms with Crippen molar-refractivity contribution in [2.45, 2.75) is 26.7 Å².